The van der Waals surface area contributed by atoms with Gasteiger partial charge in [0.05, 0.1) is 19.0 Å². The van der Waals surface area contributed by atoms with Gasteiger partial charge in [0.1, 0.15) is 42.8 Å². The van der Waals surface area contributed by atoms with E-state index in [1.54, 1.807) is 27.7 Å². The molecule has 21 nitrogen and oxygen atoms in total. The van der Waals surface area contributed by atoms with Gasteiger partial charge in [-0.15, -0.1) is 0 Å². The predicted octanol–water partition coefficient (Wildman–Crippen LogP) is -3.81. The van der Waals surface area contributed by atoms with Crippen molar-refractivity contribution in [3.8, 4) is 0 Å². The van der Waals surface area contributed by atoms with Crippen molar-refractivity contribution in [2.75, 3.05) is 13.1 Å². The van der Waals surface area contributed by atoms with Crippen molar-refractivity contribution in [1.82, 2.24) is 42.5 Å². The molecular weight excluding hydrogens is 702 g/mol. The van der Waals surface area contributed by atoms with Crippen LogP contribution in [0.1, 0.15) is 74.7 Å². The van der Waals surface area contributed by atoms with Crippen molar-refractivity contribution < 1.29 is 58.2 Å². The van der Waals surface area contributed by atoms with E-state index in [9.17, 15) is 47.9 Å². The van der Waals surface area contributed by atoms with E-state index in [4.69, 9.17) is 15.9 Å². The quantitative estimate of drug-likeness (QED) is 0.0477. The maximum atomic E-state index is 13.2. The lowest BCUT2D eigenvalue weighted by Crippen LogP contribution is -2.59. The van der Waals surface area contributed by atoms with Crippen LogP contribution in [0.4, 0.5) is 0 Å². The van der Waals surface area contributed by atoms with Crippen LogP contribution in [-0.4, -0.2) is 125 Å². The van der Waals surface area contributed by atoms with E-state index in [-0.39, 0.29) is 12.3 Å². The molecule has 53 heavy (non-hydrogen) atoms. The first-order valence-corrected chi connectivity index (χ1v) is 17.1. The van der Waals surface area contributed by atoms with Crippen LogP contribution < -0.4 is 48.3 Å². The summed E-state index contributed by atoms with van der Waals surface area (Å²) in [6.07, 6.45) is -0.0850. The Bertz CT molecular complexity index is 1360. The second-order valence-corrected chi connectivity index (χ2v) is 13.1. The Hall–Kier alpha value is -5.34. The van der Waals surface area contributed by atoms with Gasteiger partial charge in [0.15, 0.2) is 0 Å². The average molecular weight is 758 g/mol. The molecule has 0 aliphatic rings. The molecule has 0 aromatic rings. The minimum atomic E-state index is -1.40. The van der Waals surface area contributed by atoms with E-state index in [0.29, 0.717) is 6.42 Å². The number of nitrogens with two attached hydrogens (primary N) is 1. The molecular formula is C32H55N9O12. The molecule has 0 aromatic carbocycles. The zero-order chi connectivity index (χ0) is 41.2. The number of carboxylic acid groups (broad SMARTS) is 2. The third-order valence-electron chi connectivity index (χ3n) is 7.73. The Labute approximate surface area is 307 Å². The summed E-state index contributed by atoms with van der Waals surface area (Å²) in [6.45, 7) is 11.1. The summed E-state index contributed by atoms with van der Waals surface area (Å²) in [4.78, 5) is 123. The molecule has 8 amide bonds. The summed E-state index contributed by atoms with van der Waals surface area (Å²) in [7, 11) is 0. The summed E-state index contributed by atoms with van der Waals surface area (Å²) in [5, 5.41) is 36.5. The van der Waals surface area contributed by atoms with Crippen molar-refractivity contribution >= 4 is 59.2 Å². The van der Waals surface area contributed by atoms with Gasteiger partial charge in [0.2, 0.25) is 47.3 Å². The van der Waals surface area contributed by atoms with Gasteiger partial charge in [-0.05, 0) is 46.0 Å². The van der Waals surface area contributed by atoms with E-state index in [1.165, 1.54) is 27.7 Å². The monoisotopic (exact) mass is 757 g/mol. The van der Waals surface area contributed by atoms with Gasteiger partial charge < -0.3 is 58.5 Å². The Morgan fingerprint density at radius 3 is 1.47 bits per heavy atom. The lowest BCUT2D eigenvalue weighted by Gasteiger charge is -2.28. The van der Waals surface area contributed by atoms with Crippen LogP contribution in [0, 0.1) is 11.8 Å². The number of nitrogens with one attached hydrogen (secondary N) is 8. The summed E-state index contributed by atoms with van der Waals surface area (Å²) >= 11 is 0. The molecule has 0 saturated carbocycles. The van der Waals surface area contributed by atoms with E-state index in [2.05, 4.69) is 42.5 Å². The molecule has 0 spiro atoms. The zero-order valence-corrected chi connectivity index (χ0v) is 31.3. The van der Waals surface area contributed by atoms with Crippen LogP contribution in [0.3, 0.4) is 0 Å². The van der Waals surface area contributed by atoms with E-state index >= 15 is 0 Å². The van der Waals surface area contributed by atoms with E-state index in [0.717, 1.165) is 0 Å². The molecule has 0 radical (unpaired) electrons. The summed E-state index contributed by atoms with van der Waals surface area (Å²) in [6, 6.07) is -8.35. The molecule has 0 rings (SSSR count). The molecule has 0 saturated heterocycles. The molecule has 0 aliphatic heterocycles. The number of carboxylic acids is 2. The van der Waals surface area contributed by atoms with Crippen LogP contribution in [0.15, 0.2) is 0 Å². The first kappa shape index (κ1) is 47.7. The number of amides is 8. The summed E-state index contributed by atoms with van der Waals surface area (Å²) in [5.74, 6) is -9.25. The number of hydrogen-bond acceptors (Lipinski definition) is 11. The molecule has 0 bridgehead atoms. The maximum Gasteiger partial charge on any atom is 0.322 e. The summed E-state index contributed by atoms with van der Waals surface area (Å²) < 4.78 is 0. The molecule has 21 heteroatoms. The largest absolute Gasteiger partial charge is 0.481 e. The third kappa shape index (κ3) is 18.6. The maximum absolute atomic E-state index is 13.2. The lowest BCUT2D eigenvalue weighted by atomic mass is 9.97. The average Bonchev–Trinajstić information content (AvgIpc) is 3.06. The molecule has 0 aliphatic carbocycles. The lowest BCUT2D eigenvalue weighted by molar-refractivity contribution is -0.140. The smallest absolute Gasteiger partial charge is 0.322 e. The number of hydrogen-bond donors (Lipinski definition) is 11. The fraction of sp³-hybridized carbons (Fsp3) is 0.688. The van der Waals surface area contributed by atoms with Crippen molar-refractivity contribution in [3.63, 3.8) is 0 Å². The molecule has 8 unspecified atom stereocenters. The highest BCUT2D eigenvalue weighted by Crippen LogP contribution is 2.10. The molecule has 0 aromatic heterocycles. The number of carbonyl (C=O) groups is 10. The first-order chi connectivity index (χ1) is 24.5. The molecule has 8 atom stereocenters. The van der Waals surface area contributed by atoms with Gasteiger partial charge in [-0.25, -0.2) is 0 Å². The van der Waals surface area contributed by atoms with Gasteiger partial charge in [0, 0.05) is 0 Å². The Morgan fingerprint density at radius 2 is 0.981 bits per heavy atom. The Balaban J connectivity index is 5.37. The van der Waals surface area contributed by atoms with Crippen LogP contribution in [0.2, 0.25) is 0 Å². The second-order valence-electron chi connectivity index (χ2n) is 13.1. The topological polar surface area (TPSA) is 333 Å². The number of aliphatic carboxylic acids is 2. The van der Waals surface area contributed by atoms with Crippen LogP contribution in [-0.2, 0) is 47.9 Å². The molecule has 0 fully saturated rings. The normalized spacial score (nSPS) is 15.4. The number of carbonyl (C=O) groups excluding carboxylic acids is 8. The highest BCUT2D eigenvalue weighted by molar-refractivity contribution is 5.97. The highest BCUT2D eigenvalue weighted by Gasteiger charge is 2.32. The second kappa shape index (κ2) is 23.3. The van der Waals surface area contributed by atoms with Gasteiger partial charge in [-0.1, -0.05) is 34.1 Å². The molecule has 0 heterocycles. The van der Waals surface area contributed by atoms with Crippen molar-refractivity contribution in [2.24, 2.45) is 17.6 Å². The SMILES string of the molecule is CCC(C)C(NC(=O)C(C)NC(=O)C(CC(C)C)NC(=O)C(C)NC(=O)C(N)CC(=O)O)C(=O)NC(C)C(=O)NCC(=O)NC(C)C(=O)NCC(=O)O. The van der Waals surface area contributed by atoms with Crippen molar-refractivity contribution in [2.45, 2.75) is 117 Å². The van der Waals surface area contributed by atoms with Gasteiger partial charge >= 0.3 is 11.9 Å². The van der Waals surface area contributed by atoms with Gasteiger partial charge in [0.25, 0.3) is 0 Å². The fourth-order valence-corrected chi connectivity index (χ4v) is 4.39. The Morgan fingerprint density at radius 1 is 0.528 bits per heavy atom. The third-order valence-corrected chi connectivity index (χ3v) is 7.73. The predicted molar refractivity (Wildman–Crippen MR) is 187 cm³/mol. The number of rotatable bonds is 23. The minimum Gasteiger partial charge on any atom is -0.481 e. The zero-order valence-electron chi connectivity index (χ0n) is 31.3. The van der Waals surface area contributed by atoms with E-state index < -0.39 is 127 Å². The molecule has 12 N–H and O–H groups in total. The van der Waals surface area contributed by atoms with Gasteiger partial charge in [-0.2, -0.15) is 0 Å². The minimum absolute atomic E-state index is 0.100. The van der Waals surface area contributed by atoms with Crippen LogP contribution >= 0.6 is 0 Å². The van der Waals surface area contributed by atoms with Gasteiger partial charge in [-0.3, -0.25) is 47.9 Å². The van der Waals surface area contributed by atoms with Crippen LogP contribution in [0.5, 0.6) is 0 Å². The van der Waals surface area contributed by atoms with Crippen LogP contribution in [0.25, 0.3) is 0 Å². The fourth-order valence-electron chi connectivity index (χ4n) is 4.39. The standard InChI is InChI=1S/C32H55N9O12/c1-9-15(4)25(32(53)39-17(6)27(48)34-12-22(42)36-16(5)26(47)35-13-24(45)46)41-29(50)19(8)38-31(52)21(10-14(2)3)40-28(49)18(7)37-30(51)20(33)11-23(43)44/h14-21,25H,9-13,33H2,1-8H3,(H,34,48)(H,35,47)(H,36,42)(H,37,51)(H,38,52)(H,39,53)(H,40,49)(H,41,50)(H,43,44)(H,45,46). The van der Waals surface area contributed by atoms with Crippen molar-refractivity contribution in [1.29, 1.82) is 0 Å². The highest BCUT2D eigenvalue weighted by atomic mass is 16.4. The van der Waals surface area contributed by atoms with Crippen molar-refractivity contribution in [3.05, 3.63) is 0 Å². The van der Waals surface area contributed by atoms with E-state index in [1.807, 2.05) is 0 Å². The summed E-state index contributed by atoms with van der Waals surface area (Å²) in [5.41, 5.74) is 5.53. The Kier molecular flexibility index (Phi) is 20.9. The first-order valence-electron chi connectivity index (χ1n) is 17.1. The molecule has 300 valence electrons.